The quantitative estimate of drug-likeness (QED) is 0.831. The molecule has 0 aromatic heterocycles. The SMILES string of the molecule is CNC(c1cccc(C)c1)C1C(C)(C)C1(C)C. The zero-order valence-electron chi connectivity index (χ0n) is 12.0. The van der Waals surface area contributed by atoms with Gasteiger partial charge in [-0.2, -0.15) is 0 Å². The van der Waals surface area contributed by atoms with Crippen molar-refractivity contribution in [1.29, 1.82) is 0 Å². The van der Waals surface area contributed by atoms with Crippen molar-refractivity contribution < 1.29 is 0 Å². The smallest absolute Gasteiger partial charge is 0.0356 e. The van der Waals surface area contributed by atoms with Crippen molar-refractivity contribution in [2.24, 2.45) is 16.7 Å². The maximum atomic E-state index is 3.52. The number of rotatable bonds is 3. The van der Waals surface area contributed by atoms with Crippen molar-refractivity contribution in [3.05, 3.63) is 35.4 Å². The summed E-state index contributed by atoms with van der Waals surface area (Å²) in [6, 6.07) is 9.36. The first kappa shape index (κ1) is 12.6. The van der Waals surface area contributed by atoms with Crippen LogP contribution < -0.4 is 5.32 Å². The molecule has 94 valence electrons. The molecule has 0 heterocycles. The maximum absolute atomic E-state index is 3.52. The molecule has 1 heteroatoms. The number of hydrogen-bond acceptors (Lipinski definition) is 1. The zero-order valence-corrected chi connectivity index (χ0v) is 12.0. The standard InChI is InChI=1S/C16H25N/c1-11-8-7-9-12(10-11)13(17-6)14-15(2,3)16(14,4)5/h7-10,13-14,17H,1-6H3. The highest BCUT2D eigenvalue weighted by Crippen LogP contribution is 2.72. The van der Waals surface area contributed by atoms with E-state index < -0.39 is 0 Å². The highest BCUT2D eigenvalue weighted by atomic mass is 14.9. The third-order valence-corrected chi connectivity index (χ3v) is 5.18. The van der Waals surface area contributed by atoms with Gasteiger partial charge in [0.2, 0.25) is 0 Å². The van der Waals surface area contributed by atoms with E-state index in [1.807, 2.05) is 0 Å². The van der Waals surface area contributed by atoms with Crippen LogP contribution in [0.3, 0.4) is 0 Å². The molecule has 0 amide bonds. The Bertz CT molecular complexity index is 403. The summed E-state index contributed by atoms with van der Waals surface area (Å²) in [5, 5.41) is 3.52. The normalized spacial score (nSPS) is 23.4. The predicted molar refractivity (Wildman–Crippen MR) is 74.0 cm³/mol. The average molecular weight is 231 g/mol. The predicted octanol–water partition coefficient (Wildman–Crippen LogP) is 3.94. The van der Waals surface area contributed by atoms with Gasteiger partial charge in [0.15, 0.2) is 0 Å². The van der Waals surface area contributed by atoms with Gasteiger partial charge in [-0.1, -0.05) is 57.5 Å². The van der Waals surface area contributed by atoms with E-state index >= 15 is 0 Å². The summed E-state index contributed by atoms with van der Waals surface area (Å²) in [4.78, 5) is 0. The van der Waals surface area contributed by atoms with Crippen LogP contribution in [-0.2, 0) is 0 Å². The Morgan fingerprint density at radius 1 is 1.12 bits per heavy atom. The van der Waals surface area contributed by atoms with Gasteiger partial charge in [0.05, 0.1) is 0 Å². The molecule has 1 saturated carbocycles. The highest BCUT2D eigenvalue weighted by molar-refractivity contribution is 5.30. The van der Waals surface area contributed by atoms with E-state index in [9.17, 15) is 0 Å². The van der Waals surface area contributed by atoms with Crippen molar-refractivity contribution in [2.75, 3.05) is 7.05 Å². The molecule has 0 bridgehead atoms. The molecule has 1 aromatic rings. The van der Waals surface area contributed by atoms with Gasteiger partial charge in [-0.25, -0.2) is 0 Å². The van der Waals surface area contributed by atoms with E-state index in [1.54, 1.807) is 0 Å². The van der Waals surface area contributed by atoms with Crippen LogP contribution in [0.25, 0.3) is 0 Å². The minimum Gasteiger partial charge on any atom is -0.313 e. The molecule has 1 unspecified atom stereocenters. The average Bonchev–Trinajstić information content (AvgIpc) is 2.62. The van der Waals surface area contributed by atoms with Crippen LogP contribution in [0.4, 0.5) is 0 Å². The minimum absolute atomic E-state index is 0.421. The van der Waals surface area contributed by atoms with Crippen molar-refractivity contribution in [2.45, 2.75) is 40.7 Å². The molecule has 0 radical (unpaired) electrons. The van der Waals surface area contributed by atoms with Gasteiger partial charge in [0, 0.05) is 6.04 Å². The fourth-order valence-electron chi connectivity index (χ4n) is 3.47. The first-order chi connectivity index (χ1) is 7.82. The van der Waals surface area contributed by atoms with Gasteiger partial charge in [-0.05, 0) is 36.3 Å². The Hall–Kier alpha value is -0.820. The second kappa shape index (κ2) is 3.84. The number of nitrogens with one attached hydrogen (secondary N) is 1. The Kier molecular flexibility index (Phi) is 2.86. The van der Waals surface area contributed by atoms with E-state index in [0.717, 1.165) is 0 Å². The van der Waals surface area contributed by atoms with Crippen LogP contribution in [0.1, 0.15) is 44.9 Å². The Morgan fingerprint density at radius 3 is 2.12 bits per heavy atom. The molecule has 1 fully saturated rings. The summed E-state index contributed by atoms with van der Waals surface area (Å²) in [6.45, 7) is 11.7. The second-order valence-electron chi connectivity index (χ2n) is 6.60. The van der Waals surface area contributed by atoms with Gasteiger partial charge in [0.25, 0.3) is 0 Å². The van der Waals surface area contributed by atoms with Gasteiger partial charge < -0.3 is 5.32 Å². The van der Waals surface area contributed by atoms with Crippen LogP contribution in [0.5, 0.6) is 0 Å². The van der Waals surface area contributed by atoms with Gasteiger partial charge in [-0.15, -0.1) is 0 Å². The Balaban J connectivity index is 2.31. The summed E-state index contributed by atoms with van der Waals surface area (Å²) in [5.41, 5.74) is 3.62. The monoisotopic (exact) mass is 231 g/mol. The van der Waals surface area contributed by atoms with Gasteiger partial charge >= 0.3 is 0 Å². The van der Waals surface area contributed by atoms with Crippen molar-refractivity contribution in [3.8, 4) is 0 Å². The Labute approximate surface area is 106 Å². The topological polar surface area (TPSA) is 12.0 Å². The lowest BCUT2D eigenvalue weighted by Gasteiger charge is -2.19. The summed E-state index contributed by atoms with van der Waals surface area (Å²) in [6.07, 6.45) is 0. The fraction of sp³-hybridized carbons (Fsp3) is 0.625. The molecular formula is C16H25N. The zero-order chi connectivity index (χ0) is 12.8. The van der Waals surface area contributed by atoms with Crippen molar-refractivity contribution in [1.82, 2.24) is 5.32 Å². The van der Waals surface area contributed by atoms with Gasteiger partial charge in [-0.3, -0.25) is 0 Å². The van der Waals surface area contributed by atoms with Gasteiger partial charge in [0.1, 0.15) is 0 Å². The van der Waals surface area contributed by atoms with Crippen molar-refractivity contribution in [3.63, 3.8) is 0 Å². The van der Waals surface area contributed by atoms with Crippen LogP contribution in [0, 0.1) is 23.7 Å². The fourth-order valence-corrected chi connectivity index (χ4v) is 3.47. The summed E-state index contributed by atoms with van der Waals surface area (Å²) in [7, 11) is 2.08. The van der Waals surface area contributed by atoms with E-state index in [-0.39, 0.29) is 0 Å². The summed E-state index contributed by atoms with van der Waals surface area (Å²) < 4.78 is 0. The third-order valence-electron chi connectivity index (χ3n) is 5.18. The van der Waals surface area contributed by atoms with Crippen LogP contribution in [0.2, 0.25) is 0 Å². The molecule has 2 rings (SSSR count). The summed E-state index contributed by atoms with van der Waals surface area (Å²) in [5.74, 6) is 0.710. The molecule has 0 spiro atoms. The van der Waals surface area contributed by atoms with Crippen LogP contribution in [0.15, 0.2) is 24.3 Å². The van der Waals surface area contributed by atoms with E-state index in [1.165, 1.54) is 11.1 Å². The molecular weight excluding hydrogens is 206 g/mol. The molecule has 1 aliphatic rings. The van der Waals surface area contributed by atoms with Crippen LogP contribution >= 0.6 is 0 Å². The molecule has 17 heavy (non-hydrogen) atoms. The highest BCUT2D eigenvalue weighted by Gasteiger charge is 2.67. The number of hydrogen-bond donors (Lipinski definition) is 1. The largest absolute Gasteiger partial charge is 0.313 e. The molecule has 1 aromatic carbocycles. The summed E-state index contributed by atoms with van der Waals surface area (Å²) >= 11 is 0. The molecule has 1 N–H and O–H groups in total. The molecule has 1 atom stereocenters. The van der Waals surface area contributed by atoms with Crippen LogP contribution in [-0.4, -0.2) is 7.05 Å². The maximum Gasteiger partial charge on any atom is 0.0356 e. The molecule has 0 aliphatic heterocycles. The Morgan fingerprint density at radius 2 is 1.71 bits per heavy atom. The van der Waals surface area contributed by atoms with E-state index in [4.69, 9.17) is 0 Å². The van der Waals surface area contributed by atoms with E-state index in [2.05, 4.69) is 71.2 Å². The lowest BCUT2D eigenvalue weighted by Crippen LogP contribution is -2.21. The molecule has 1 nitrogen and oxygen atoms in total. The minimum atomic E-state index is 0.421. The second-order valence-corrected chi connectivity index (χ2v) is 6.60. The molecule has 1 aliphatic carbocycles. The first-order valence-corrected chi connectivity index (χ1v) is 6.56. The van der Waals surface area contributed by atoms with Crippen molar-refractivity contribution >= 4 is 0 Å². The lowest BCUT2D eigenvalue weighted by molar-refractivity contribution is 0.438. The van der Waals surface area contributed by atoms with E-state index in [0.29, 0.717) is 22.8 Å². The first-order valence-electron chi connectivity index (χ1n) is 6.56. The number of benzene rings is 1. The lowest BCUT2D eigenvalue weighted by atomic mass is 9.95. The number of aryl methyl sites for hydroxylation is 1. The third kappa shape index (κ3) is 1.81. The molecule has 0 saturated heterocycles.